The molecular formula is C12H18N8O. The molecular weight excluding hydrogens is 272 g/mol. The van der Waals surface area contributed by atoms with Gasteiger partial charge < -0.3 is 20.1 Å². The van der Waals surface area contributed by atoms with Crippen molar-refractivity contribution in [3.63, 3.8) is 0 Å². The zero-order chi connectivity index (χ0) is 14.7. The second-order valence-corrected chi connectivity index (χ2v) is 4.81. The van der Waals surface area contributed by atoms with Crippen LogP contribution in [0.2, 0.25) is 0 Å². The summed E-state index contributed by atoms with van der Waals surface area (Å²) in [5.41, 5.74) is 0. The van der Waals surface area contributed by atoms with Gasteiger partial charge in [0.05, 0.1) is 6.54 Å². The maximum atomic E-state index is 4.93. The molecule has 112 valence electrons. The van der Waals surface area contributed by atoms with Crippen LogP contribution in [0.1, 0.15) is 24.6 Å². The molecule has 2 N–H and O–H groups in total. The Hall–Kier alpha value is -2.45. The number of nitrogens with zero attached hydrogens (tertiary/aromatic N) is 6. The maximum absolute atomic E-state index is 4.93. The summed E-state index contributed by atoms with van der Waals surface area (Å²) in [5, 5.41) is 9.88. The molecule has 0 saturated carbocycles. The molecule has 1 saturated heterocycles. The molecule has 1 fully saturated rings. The first-order chi connectivity index (χ1) is 10.2. The molecule has 0 amide bonds. The molecule has 1 aliphatic heterocycles. The van der Waals surface area contributed by atoms with Crippen molar-refractivity contribution in [2.45, 2.75) is 26.3 Å². The molecule has 0 radical (unpaired) electrons. The Morgan fingerprint density at radius 1 is 1.10 bits per heavy atom. The molecule has 3 rings (SSSR count). The molecule has 0 atom stereocenters. The van der Waals surface area contributed by atoms with Crippen LogP contribution in [0.15, 0.2) is 4.52 Å². The van der Waals surface area contributed by atoms with Crippen LogP contribution in [-0.2, 0) is 6.54 Å². The zero-order valence-corrected chi connectivity index (χ0v) is 12.1. The first-order valence-corrected chi connectivity index (χ1v) is 6.96. The van der Waals surface area contributed by atoms with Gasteiger partial charge in [-0.15, -0.1) is 0 Å². The number of aryl methyl sites for hydroxylation is 1. The summed E-state index contributed by atoms with van der Waals surface area (Å²) in [6.07, 6.45) is 2.34. The van der Waals surface area contributed by atoms with E-state index in [0.717, 1.165) is 13.1 Å². The fraction of sp³-hybridized carbons (Fsp3) is 0.583. The highest BCUT2D eigenvalue weighted by Gasteiger charge is 2.17. The van der Waals surface area contributed by atoms with E-state index in [0.29, 0.717) is 36.1 Å². The SMILES string of the molecule is CNc1nc(NCc2noc(C)n2)nc(N2CCCC2)n1. The number of hydrogen-bond acceptors (Lipinski definition) is 9. The van der Waals surface area contributed by atoms with Crippen LogP contribution in [-0.4, -0.2) is 45.2 Å². The van der Waals surface area contributed by atoms with Crippen LogP contribution < -0.4 is 15.5 Å². The molecule has 0 unspecified atom stereocenters. The minimum atomic E-state index is 0.407. The third-order valence-electron chi connectivity index (χ3n) is 3.21. The van der Waals surface area contributed by atoms with Gasteiger partial charge in [-0.25, -0.2) is 0 Å². The average molecular weight is 290 g/mol. The van der Waals surface area contributed by atoms with Gasteiger partial charge in [-0.2, -0.15) is 19.9 Å². The van der Waals surface area contributed by atoms with Crippen molar-refractivity contribution in [1.29, 1.82) is 0 Å². The smallest absolute Gasteiger partial charge is 0.231 e. The van der Waals surface area contributed by atoms with Gasteiger partial charge in [0.1, 0.15) is 0 Å². The highest BCUT2D eigenvalue weighted by atomic mass is 16.5. The van der Waals surface area contributed by atoms with Crippen molar-refractivity contribution in [3.05, 3.63) is 11.7 Å². The number of hydrogen-bond donors (Lipinski definition) is 2. The Labute approximate surface area is 122 Å². The Morgan fingerprint density at radius 2 is 1.86 bits per heavy atom. The molecule has 0 spiro atoms. The van der Waals surface area contributed by atoms with E-state index in [1.54, 1.807) is 14.0 Å². The topological polar surface area (TPSA) is 105 Å². The monoisotopic (exact) mass is 290 g/mol. The highest BCUT2D eigenvalue weighted by molar-refractivity contribution is 5.44. The molecule has 9 nitrogen and oxygen atoms in total. The van der Waals surface area contributed by atoms with Crippen molar-refractivity contribution in [3.8, 4) is 0 Å². The van der Waals surface area contributed by atoms with Crippen molar-refractivity contribution < 1.29 is 4.52 Å². The second kappa shape index (κ2) is 5.90. The van der Waals surface area contributed by atoms with Gasteiger partial charge in [-0.05, 0) is 12.8 Å². The maximum Gasteiger partial charge on any atom is 0.231 e. The zero-order valence-electron chi connectivity index (χ0n) is 12.1. The standard InChI is InChI=1S/C12H18N8O/c1-8-15-9(19-21-8)7-14-11-16-10(13-2)17-12(18-11)20-5-3-4-6-20/h3-7H2,1-2H3,(H2,13,14,16,17,18). The fourth-order valence-electron chi connectivity index (χ4n) is 2.19. The molecule has 0 aromatic carbocycles. The van der Waals surface area contributed by atoms with Gasteiger partial charge in [0, 0.05) is 27.1 Å². The molecule has 1 aliphatic rings. The van der Waals surface area contributed by atoms with E-state index in [2.05, 4.69) is 40.6 Å². The molecule has 0 bridgehead atoms. The van der Waals surface area contributed by atoms with Crippen molar-refractivity contribution in [2.24, 2.45) is 0 Å². The average Bonchev–Trinajstić information content (AvgIpc) is 3.16. The highest BCUT2D eigenvalue weighted by Crippen LogP contribution is 2.18. The van der Waals surface area contributed by atoms with Crippen LogP contribution in [0, 0.1) is 6.92 Å². The predicted octanol–water partition coefficient (Wildman–Crippen LogP) is 0.817. The van der Waals surface area contributed by atoms with Gasteiger partial charge in [0.25, 0.3) is 0 Å². The summed E-state index contributed by atoms with van der Waals surface area (Å²) < 4.78 is 4.93. The number of aromatic nitrogens is 5. The Balaban J connectivity index is 1.75. The lowest BCUT2D eigenvalue weighted by molar-refractivity contribution is 0.388. The second-order valence-electron chi connectivity index (χ2n) is 4.81. The summed E-state index contributed by atoms with van der Waals surface area (Å²) in [4.78, 5) is 19.4. The number of anilines is 3. The summed E-state index contributed by atoms with van der Waals surface area (Å²) in [6, 6.07) is 0. The lowest BCUT2D eigenvalue weighted by atomic mass is 10.4. The third-order valence-corrected chi connectivity index (χ3v) is 3.21. The molecule has 2 aromatic heterocycles. The van der Waals surface area contributed by atoms with Crippen LogP contribution in [0.25, 0.3) is 0 Å². The van der Waals surface area contributed by atoms with Crippen molar-refractivity contribution >= 4 is 17.8 Å². The van der Waals surface area contributed by atoms with Crippen LogP contribution in [0.5, 0.6) is 0 Å². The molecule has 2 aromatic rings. The first kappa shape index (κ1) is 13.5. The van der Waals surface area contributed by atoms with Crippen LogP contribution >= 0.6 is 0 Å². The van der Waals surface area contributed by atoms with Gasteiger partial charge in [-0.1, -0.05) is 5.16 Å². The molecule has 3 heterocycles. The van der Waals surface area contributed by atoms with E-state index in [1.807, 2.05) is 0 Å². The van der Waals surface area contributed by atoms with E-state index < -0.39 is 0 Å². The number of rotatable bonds is 5. The van der Waals surface area contributed by atoms with Gasteiger partial charge in [0.15, 0.2) is 5.82 Å². The molecule has 0 aliphatic carbocycles. The van der Waals surface area contributed by atoms with Crippen molar-refractivity contribution in [2.75, 3.05) is 35.7 Å². The Morgan fingerprint density at radius 3 is 2.52 bits per heavy atom. The van der Waals surface area contributed by atoms with E-state index in [4.69, 9.17) is 4.52 Å². The predicted molar refractivity (Wildman–Crippen MR) is 77.2 cm³/mol. The number of nitrogens with one attached hydrogen (secondary N) is 2. The summed E-state index contributed by atoms with van der Waals surface area (Å²) >= 11 is 0. The van der Waals surface area contributed by atoms with E-state index >= 15 is 0 Å². The minimum Gasteiger partial charge on any atom is -0.357 e. The third kappa shape index (κ3) is 3.18. The van der Waals surface area contributed by atoms with E-state index in [1.165, 1.54) is 12.8 Å². The lowest BCUT2D eigenvalue weighted by Crippen LogP contribution is -2.22. The minimum absolute atomic E-state index is 0.407. The van der Waals surface area contributed by atoms with Crippen LogP contribution in [0.3, 0.4) is 0 Å². The first-order valence-electron chi connectivity index (χ1n) is 6.96. The molecule has 9 heteroatoms. The largest absolute Gasteiger partial charge is 0.357 e. The normalized spacial score (nSPS) is 14.5. The Kier molecular flexibility index (Phi) is 3.80. The fourth-order valence-corrected chi connectivity index (χ4v) is 2.19. The van der Waals surface area contributed by atoms with Gasteiger partial charge in [0.2, 0.25) is 23.7 Å². The van der Waals surface area contributed by atoms with E-state index in [-0.39, 0.29) is 0 Å². The van der Waals surface area contributed by atoms with Crippen LogP contribution in [0.4, 0.5) is 17.8 Å². The van der Waals surface area contributed by atoms with Gasteiger partial charge in [-0.3, -0.25) is 0 Å². The lowest BCUT2D eigenvalue weighted by Gasteiger charge is -2.16. The van der Waals surface area contributed by atoms with E-state index in [9.17, 15) is 0 Å². The van der Waals surface area contributed by atoms with Crippen molar-refractivity contribution in [1.82, 2.24) is 25.1 Å². The molecule has 21 heavy (non-hydrogen) atoms. The summed E-state index contributed by atoms with van der Waals surface area (Å²) in [7, 11) is 1.79. The quantitative estimate of drug-likeness (QED) is 0.827. The Bertz CT molecular complexity index is 607. The van der Waals surface area contributed by atoms with Gasteiger partial charge >= 0.3 is 0 Å². The summed E-state index contributed by atoms with van der Waals surface area (Å²) in [6.45, 7) is 4.13. The summed E-state index contributed by atoms with van der Waals surface area (Å²) in [5.74, 6) is 2.84.